The van der Waals surface area contributed by atoms with Gasteiger partial charge in [-0.15, -0.1) is 0 Å². The van der Waals surface area contributed by atoms with E-state index < -0.39 is 10.5 Å². The van der Waals surface area contributed by atoms with Crippen molar-refractivity contribution in [2.24, 2.45) is 0 Å². The van der Waals surface area contributed by atoms with E-state index in [-0.39, 0.29) is 11.7 Å². The van der Waals surface area contributed by atoms with Crippen molar-refractivity contribution in [2.45, 2.75) is 18.5 Å². The van der Waals surface area contributed by atoms with Gasteiger partial charge in [-0.3, -0.25) is 15.4 Å². The zero-order valence-electron chi connectivity index (χ0n) is 10.3. The van der Waals surface area contributed by atoms with Crippen LogP contribution in [0, 0.1) is 10.1 Å². The summed E-state index contributed by atoms with van der Waals surface area (Å²) in [6, 6.07) is 4.86. The van der Waals surface area contributed by atoms with Crippen LogP contribution in [0.5, 0.6) is 0 Å². The number of halogens is 1. The molecule has 19 heavy (non-hydrogen) atoms. The lowest BCUT2D eigenvalue weighted by Crippen LogP contribution is -2.55. The fourth-order valence-corrected chi connectivity index (χ4v) is 2.75. The van der Waals surface area contributed by atoms with Crippen LogP contribution in [0.3, 0.4) is 0 Å². The van der Waals surface area contributed by atoms with Crippen LogP contribution in [0.1, 0.15) is 12.5 Å². The molecule has 0 amide bonds. The van der Waals surface area contributed by atoms with Gasteiger partial charge >= 0.3 is 0 Å². The van der Waals surface area contributed by atoms with E-state index in [9.17, 15) is 10.1 Å². The maximum absolute atomic E-state index is 10.9. The fraction of sp³-hybridized carbons (Fsp3) is 0.417. The first-order chi connectivity index (χ1) is 8.94. The van der Waals surface area contributed by atoms with Gasteiger partial charge in [0.1, 0.15) is 0 Å². The molecule has 2 rings (SSSR count). The highest BCUT2D eigenvalue weighted by molar-refractivity contribution is 9.10. The standard InChI is InChI=1S/C12H13BrN2O3S/c1-12(7-18-5-10(6-19)14-12)8-2-9(13)4-11(3-8)15(16)17/h2-4,6,10,14H,5,7H2,1H3. The van der Waals surface area contributed by atoms with Gasteiger partial charge in [0.25, 0.3) is 5.69 Å². The van der Waals surface area contributed by atoms with Gasteiger partial charge in [-0.25, -0.2) is 0 Å². The smallest absolute Gasteiger partial charge is 0.270 e. The molecule has 1 aliphatic rings. The SMILES string of the molecule is CC1(c2cc(Br)cc([N+](=O)[O-])c2)COCC(C=S)N1. The van der Waals surface area contributed by atoms with Crippen LogP contribution < -0.4 is 5.32 Å². The predicted octanol–water partition coefficient (Wildman–Crippen LogP) is 2.56. The molecule has 0 bridgehead atoms. The Kier molecular flexibility index (Phi) is 4.29. The molecule has 0 saturated carbocycles. The molecule has 0 radical (unpaired) electrons. The van der Waals surface area contributed by atoms with E-state index in [2.05, 4.69) is 21.2 Å². The number of thiocarbonyl (C=S) groups is 1. The number of nitrogens with zero attached hydrogens (tertiary/aromatic N) is 1. The lowest BCUT2D eigenvalue weighted by molar-refractivity contribution is -0.385. The van der Waals surface area contributed by atoms with Crippen LogP contribution in [0.2, 0.25) is 0 Å². The number of nitrogens with one attached hydrogen (secondary N) is 1. The van der Waals surface area contributed by atoms with Gasteiger partial charge in [0.15, 0.2) is 0 Å². The Bertz CT molecular complexity index is 526. The van der Waals surface area contributed by atoms with Crippen molar-refractivity contribution in [1.82, 2.24) is 5.32 Å². The second-order valence-electron chi connectivity index (χ2n) is 4.69. The number of hydrogen-bond donors (Lipinski definition) is 1. The van der Waals surface area contributed by atoms with Crippen molar-refractivity contribution >= 4 is 39.2 Å². The molecule has 2 atom stereocenters. The first-order valence-corrected chi connectivity index (χ1v) is 6.97. The molecule has 1 saturated heterocycles. The first-order valence-electron chi connectivity index (χ1n) is 5.71. The quantitative estimate of drug-likeness (QED) is 0.518. The predicted molar refractivity (Wildman–Crippen MR) is 79.5 cm³/mol. The Hall–Kier alpha value is -0.890. The Morgan fingerprint density at radius 3 is 3.00 bits per heavy atom. The Morgan fingerprint density at radius 1 is 1.63 bits per heavy atom. The summed E-state index contributed by atoms with van der Waals surface area (Å²) < 4.78 is 6.21. The van der Waals surface area contributed by atoms with Crippen LogP contribution in [0.15, 0.2) is 22.7 Å². The normalized spacial score (nSPS) is 26.9. The third-order valence-electron chi connectivity index (χ3n) is 3.09. The molecule has 0 aliphatic carbocycles. The monoisotopic (exact) mass is 344 g/mol. The van der Waals surface area contributed by atoms with E-state index >= 15 is 0 Å². The summed E-state index contributed by atoms with van der Waals surface area (Å²) in [7, 11) is 0. The molecule has 102 valence electrons. The minimum Gasteiger partial charge on any atom is -0.377 e. The van der Waals surface area contributed by atoms with Crippen molar-refractivity contribution in [3.63, 3.8) is 0 Å². The zero-order valence-corrected chi connectivity index (χ0v) is 12.7. The highest BCUT2D eigenvalue weighted by Crippen LogP contribution is 2.30. The molecule has 1 aromatic rings. The molecule has 0 spiro atoms. The third-order valence-corrected chi connectivity index (χ3v) is 3.87. The van der Waals surface area contributed by atoms with E-state index in [1.165, 1.54) is 6.07 Å². The van der Waals surface area contributed by atoms with Crippen LogP contribution in [0.4, 0.5) is 5.69 Å². The third kappa shape index (κ3) is 3.17. The van der Waals surface area contributed by atoms with E-state index in [1.54, 1.807) is 11.4 Å². The Balaban J connectivity index is 2.39. The molecular formula is C12H13BrN2O3S. The van der Waals surface area contributed by atoms with Crippen molar-refractivity contribution in [3.8, 4) is 0 Å². The van der Waals surface area contributed by atoms with E-state index in [0.717, 1.165) is 5.56 Å². The molecule has 2 unspecified atom stereocenters. The maximum atomic E-state index is 10.9. The summed E-state index contributed by atoms with van der Waals surface area (Å²) in [6.07, 6.45) is 0. The average molecular weight is 345 g/mol. The van der Waals surface area contributed by atoms with Gasteiger partial charge in [-0.05, 0) is 23.9 Å². The van der Waals surface area contributed by atoms with Crippen LogP contribution in [-0.2, 0) is 10.3 Å². The second-order valence-corrected chi connectivity index (χ2v) is 5.88. The summed E-state index contributed by atoms with van der Waals surface area (Å²) in [6.45, 7) is 2.92. The van der Waals surface area contributed by atoms with Crippen LogP contribution >= 0.6 is 28.1 Å². The number of ether oxygens (including phenoxy) is 1. The largest absolute Gasteiger partial charge is 0.377 e. The summed E-state index contributed by atoms with van der Waals surface area (Å²) in [5.41, 5.74) is 0.360. The molecule has 1 aliphatic heterocycles. The minimum atomic E-state index is -0.493. The fourth-order valence-electron chi connectivity index (χ4n) is 2.12. The number of non-ortho nitro benzene ring substituents is 1. The summed E-state index contributed by atoms with van der Waals surface area (Å²) in [5.74, 6) is 0. The molecular weight excluding hydrogens is 332 g/mol. The molecule has 1 aromatic carbocycles. The van der Waals surface area contributed by atoms with Gasteiger partial charge < -0.3 is 4.74 Å². The van der Waals surface area contributed by atoms with Crippen molar-refractivity contribution in [1.29, 1.82) is 0 Å². The second kappa shape index (κ2) is 5.62. The average Bonchev–Trinajstić information content (AvgIpc) is 2.38. The number of nitro groups is 1. The van der Waals surface area contributed by atoms with Gasteiger partial charge in [0.05, 0.1) is 29.7 Å². The van der Waals surface area contributed by atoms with Crippen molar-refractivity contribution in [3.05, 3.63) is 38.3 Å². The zero-order chi connectivity index (χ0) is 14.0. The summed E-state index contributed by atoms with van der Waals surface area (Å²) >= 11 is 8.24. The number of morpholine rings is 1. The van der Waals surface area contributed by atoms with Gasteiger partial charge in [-0.1, -0.05) is 28.1 Å². The molecule has 1 fully saturated rings. The van der Waals surface area contributed by atoms with E-state index in [1.807, 2.05) is 13.0 Å². The van der Waals surface area contributed by atoms with Crippen molar-refractivity contribution in [2.75, 3.05) is 13.2 Å². The summed E-state index contributed by atoms with van der Waals surface area (Å²) in [5, 5.41) is 15.9. The number of nitro benzene ring substituents is 1. The molecule has 0 aromatic heterocycles. The Labute approximate surface area is 124 Å². The van der Waals surface area contributed by atoms with Gasteiger partial charge in [-0.2, -0.15) is 0 Å². The highest BCUT2D eigenvalue weighted by atomic mass is 79.9. The number of rotatable bonds is 3. The van der Waals surface area contributed by atoms with Gasteiger partial charge in [0, 0.05) is 16.6 Å². The van der Waals surface area contributed by atoms with Gasteiger partial charge in [0.2, 0.25) is 0 Å². The van der Waals surface area contributed by atoms with Crippen molar-refractivity contribution < 1.29 is 9.66 Å². The van der Waals surface area contributed by atoms with E-state index in [4.69, 9.17) is 17.0 Å². The van der Waals surface area contributed by atoms with E-state index in [0.29, 0.717) is 17.7 Å². The molecule has 7 heteroatoms. The van der Waals surface area contributed by atoms with Crippen LogP contribution in [0.25, 0.3) is 0 Å². The Morgan fingerprint density at radius 2 is 2.37 bits per heavy atom. The number of hydrogen-bond acceptors (Lipinski definition) is 5. The minimum absolute atomic E-state index is 0.0354. The lowest BCUT2D eigenvalue weighted by Gasteiger charge is -2.38. The van der Waals surface area contributed by atoms with Crippen LogP contribution in [-0.4, -0.2) is 29.5 Å². The maximum Gasteiger partial charge on any atom is 0.270 e. The molecule has 1 heterocycles. The first kappa shape index (κ1) is 14.5. The lowest BCUT2D eigenvalue weighted by atomic mass is 9.90. The molecule has 1 N–H and O–H groups in total. The topological polar surface area (TPSA) is 64.4 Å². The number of benzene rings is 1. The summed E-state index contributed by atoms with van der Waals surface area (Å²) in [4.78, 5) is 10.5. The molecule has 5 nitrogen and oxygen atoms in total. The highest BCUT2D eigenvalue weighted by Gasteiger charge is 2.34.